The molecular weight excluding hydrogens is 334 g/mol. The minimum Gasteiger partial charge on any atom is -0.495 e. The van der Waals surface area contributed by atoms with Crippen LogP contribution >= 0.6 is 11.8 Å². The summed E-state index contributed by atoms with van der Waals surface area (Å²) in [4.78, 5) is 17.0. The summed E-state index contributed by atoms with van der Waals surface area (Å²) in [6.07, 6.45) is 2.13. The first kappa shape index (κ1) is 19.9. The number of anilines is 1. The number of hydrogen-bond donors (Lipinski definition) is 1. The second kappa shape index (κ2) is 8.81. The summed E-state index contributed by atoms with van der Waals surface area (Å²) in [7, 11) is 1.63. The normalized spacial score (nSPS) is 16.0. The number of thioether (sulfide) groups is 1. The second-order valence-electron chi connectivity index (χ2n) is 7.42. The van der Waals surface area contributed by atoms with E-state index in [0.29, 0.717) is 5.75 Å². The lowest BCUT2D eigenvalue weighted by atomic mass is 9.87. The van der Waals surface area contributed by atoms with Gasteiger partial charge in [0.25, 0.3) is 0 Å². The zero-order valence-electron chi connectivity index (χ0n) is 16.1. The molecule has 2 rings (SSSR count). The maximum atomic E-state index is 12.7. The predicted molar refractivity (Wildman–Crippen MR) is 107 cm³/mol. The Bertz CT molecular complexity index is 579. The van der Waals surface area contributed by atoms with Gasteiger partial charge in [0.2, 0.25) is 0 Å². The third-order valence-corrected chi connectivity index (χ3v) is 5.17. The topological polar surface area (TPSA) is 44.8 Å². The van der Waals surface area contributed by atoms with Gasteiger partial charge >= 0.3 is 6.03 Å². The molecule has 0 saturated carbocycles. The van der Waals surface area contributed by atoms with Crippen LogP contribution in [0.3, 0.4) is 0 Å². The van der Waals surface area contributed by atoms with Crippen molar-refractivity contribution in [1.82, 2.24) is 9.80 Å². The Kier molecular flexibility index (Phi) is 7.02. The van der Waals surface area contributed by atoms with Crippen molar-refractivity contribution in [2.75, 3.05) is 57.2 Å². The molecule has 25 heavy (non-hydrogen) atoms. The molecule has 1 aliphatic heterocycles. The van der Waals surface area contributed by atoms with Crippen LogP contribution in [0.5, 0.6) is 5.75 Å². The lowest BCUT2D eigenvalue weighted by Crippen LogP contribution is -2.50. The number of methoxy groups -OCH3 is 1. The quantitative estimate of drug-likeness (QED) is 0.867. The Morgan fingerprint density at radius 3 is 2.48 bits per heavy atom. The lowest BCUT2D eigenvalue weighted by Gasteiger charge is -2.34. The van der Waals surface area contributed by atoms with Crippen LogP contribution in [0.2, 0.25) is 0 Å². The van der Waals surface area contributed by atoms with E-state index in [1.54, 1.807) is 7.11 Å². The highest BCUT2D eigenvalue weighted by atomic mass is 32.2. The van der Waals surface area contributed by atoms with Gasteiger partial charge in [-0.1, -0.05) is 26.8 Å². The molecule has 0 aromatic heterocycles. The number of urea groups is 1. The summed E-state index contributed by atoms with van der Waals surface area (Å²) in [5.74, 6) is 1.84. The summed E-state index contributed by atoms with van der Waals surface area (Å²) < 4.78 is 5.42. The molecule has 1 aromatic rings. The van der Waals surface area contributed by atoms with Crippen LogP contribution in [0, 0.1) is 0 Å². The molecule has 0 atom stereocenters. The minimum absolute atomic E-state index is 0.0225. The third-order valence-electron chi connectivity index (χ3n) is 4.58. The van der Waals surface area contributed by atoms with E-state index in [9.17, 15) is 4.79 Å². The molecule has 1 N–H and O–H groups in total. The maximum Gasteiger partial charge on any atom is 0.322 e. The van der Waals surface area contributed by atoms with Gasteiger partial charge in [-0.15, -0.1) is 0 Å². The van der Waals surface area contributed by atoms with E-state index in [-0.39, 0.29) is 11.4 Å². The van der Waals surface area contributed by atoms with Crippen LogP contribution in [0.25, 0.3) is 0 Å². The molecule has 1 aliphatic rings. The first-order valence-corrected chi connectivity index (χ1v) is 10.2. The first-order valence-electron chi connectivity index (χ1n) is 8.81. The van der Waals surface area contributed by atoms with E-state index >= 15 is 0 Å². The molecule has 5 nitrogen and oxygen atoms in total. The number of ether oxygens (including phenoxy) is 1. The second-order valence-corrected chi connectivity index (χ2v) is 8.40. The van der Waals surface area contributed by atoms with Gasteiger partial charge in [0.1, 0.15) is 5.75 Å². The Morgan fingerprint density at radius 1 is 1.24 bits per heavy atom. The predicted octanol–water partition coefficient (Wildman–Crippen LogP) is 3.51. The van der Waals surface area contributed by atoms with Crippen molar-refractivity contribution in [2.24, 2.45) is 0 Å². The third kappa shape index (κ3) is 5.54. The van der Waals surface area contributed by atoms with E-state index in [2.05, 4.69) is 43.3 Å². The summed E-state index contributed by atoms with van der Waals surface area (Å²) in [5.41, 5.74) is 1.93. The summed E-state index contributed by atoms with van der Waals surface area (Å²) in [6, 6.07) is 5.95. The number of piperazine rings is 1. The largest absolute Gasteiger partial charge is 0.495 e. The zero-order valence-corrected chi connectivity index (χ0v) is 16.9. The zero-order chi connectivity index (χ0) is 18.4. The number of nitrogens with one attached hydrogen (secondary N) is 1. The average molecular weight is 366 g/mol. The summed E-state index contributed by atoms with van der Waals surface area (Å²) >= 11 is 1.86. The van der Waals surface area contributed by atoms with E-state index in [4.69, 9.17) is 4.74 Å². The van der Waals surface area contributed by atoms with Crippen LogP contribution < -0.4 is 10.1 Å². The fraction of sp³-hybridized carbons (Fsp3) is 0.632. The van der Waals surface area contributed by atoms with Gasteiger partial charge in [-0.3, -0.25) is 4.90 Å². The molecule has 0 bridgehead atoms. The highest BCUT2D eigenvalue weighted by molar-refractivity contribution is 7.98. The van der Waals surface area contributed by atoms with Crippen molar-refractivity contribution in [3.63, 3.8) is 0 Å². The van der Waals surface area contributed by atoms with Gasteiger partial charge in [-0.05, 0) is 29.4 Å². The smallest absolute Gasteiger partial charge is 0.322 e. The van der Waals surface area contributed by atoms with Crippen molar-refractivity contribution < 1.29 is 9.53 Å². The van der Waals surface area contributed by atoms with Crippen LogP contribution in [0.15, 0.2) is 18.2 Å². The van der Waals surface area contributed by atoms with Crippen LogP contribution in [-0.4, -0.2) is 67.7 Å². The molecule has 1 fully saturated rings. The lowest BCUT2D eigenvalue weighted by molar-refractivity contribution is 0.152. The average Bonchev–Trinajstić information content (AvgIpc) is 2.59. The number of amides is 2. The fourth-order valence-corrected chi connectivity index (χ4v) is 3.30. The standard InChI is InChI=1S/C19H31N3O2S/c1-19(2,3)15-6-7-17(24-4)16(14-15)20-18(23)22-10-8-21(9-11-22)12-13-25-5/h6-7,14H,8-13H2,1-5H3,(H,20,23). The number of nitrogens with zero attached hydrogens (tertiary/aromatic N) is 2. The maximum absolute atomic E-state index is 12.7. The highest BCUT2D eigenvalue weighted by Crippen LogP contribution is 2.31. The molecule has 0 unspecified atom stereocenters. The van der Waals surface area contributed by atoms with Crippen LogP contribution in [0.4, 0.5) is 10.5 Å². The molecule has 1 heterocycles. The molecule has 6 heteroatoms. The van der Waals surface area contributed by atoms with Gasteiger partial charge in [-0.25, -0.2) is 4.79 Å². The van der Waals surface area contributed by atoms with E-state index in [1.807, 2.05) is 28.8 Å². The van der Waals surface area contributed by atoms with Crippen molar-refractivity contribution in [3.8, 4) is 5.75 Å². The molecule has 140 valence electrons. The van der Waals surface area contributed by atoms with Crippen molar-refractivity contribution in [1.29, 1.82) is 0 Å². The van der Waals surface area contributed by atoms with Crippen molar-refractivity contribution in [2.45, 2.75) is 26.2 Å². The fourth-order valence-electron chi connectivity index (χ4n) is 2.86. The number of rotatable bonds is 5. The highest BCUT2D eigenvalue weighted by Gasteiger charge is 2.22. The Morgan fingerprint density at radius 2 is 1.92 bits per heavy atom. The summed E-state index contributed by atoms with van der Waals surface area (Å²) in [6.45, 7) is 11.0. The Labute approximate surface area is 156 Å². The van der Waals surface area contributed by atoms with Crippen molar-refractivity contribution >= 4 is 23.5 Å². The molecule has 1 saturated heterocycles. The number of hydrogen-bond acceptors (Lipinski definition) is 4. The molecular formula is C19H31N3O2S. The molecule has 0 radical (unpaired) electrons. The molecule has 0 spiro atoms. The SMILES string of the molecule is COc1ccc(C(C)(C)C)cc1NC(=O)N1CCN(CCSC)CC1. The Balaban J connectivity index is 2.01. The Hall–Kier alpha value is -1.40. The van der Waals surface area contributed by atoms with Crippen molar-refractivity contribution in [3.05, 3.63) is 23.8 Å². The van der Waals surface area contributed by atoms with Gasteiger partial charge < -0.3 is 15.0 Å². The number of carbonyl (C=O) groups excluding carboxylic acids is 1. The monoisotopic (exact) mass is 365 g/mol. The molecule has 0 aliphatic carbocycles. The minimum atomic E-state index is -0.0473. The first-order chi connectivity index (χ1) is 11.8. The molecule has 1 aromatic carbocycles. The van der Waals surface area contributed by atoms with Gasteiger partial charge in [-0.2, -0.15) is 11.8 Å². The number of carbonyl (C=O) groups is 1. The van der Waals surface area contributed by atoms with E-state index in [0.717, 1.165) is 44.2 Å². The molecule has 2 amide bonds. The van der Waals surface area contributed by atoms with E-state index in [1.165, 1.54) is 5.56 Å². The van der Waals surface area contributed by atoms with Gasteiger partial charge in [0, 0.05) is 38.5 Å². The van der Waals surface area contributed by atoms with Crippen LogP contribution in [0.1, 0.15) is 26.3 Å². The van der Waals surface area contributed by atoms with Gasteiger partial charge in [0.15, 0.2) is 0 Å². The van der Waals surface area contributed by atoms with Gasteiger partial charge in [0.05, 0.1) is 12.8 Å². The number of benzene rings is 1. The van der Waals surface area contributed by atoms with E-state index < -0.39 is 0 Å². The summed E-state index contributed by atoms with van der Waals surface area (Å²) in [5, 5.41) is 3.04. The van der Waals surface area contributed by atoms with Crippen LogP contribution in [-0.2, 0) is 5.41 Å².